The summed E-state index contributed by atoms with van der Waals surface area (Å²) in [7, 11) is 0. The van der Waals surface area contributed by atoms with Crippen LogP contribution in [0.2, 0.25) is 0 Å². The van der Waals surface area contributed by atoms with Gasteiger partial charge in [0.2, 0.25) is 0 Å². The molecule has 0 saturated heterocycles. The number of rotatable bonds is 3. The molecule has 0 nitrogen and oxygen atoms in total. The summed E-state index contributed by atoms with van der Waals surface area (Å²) in [4.78, 5) is 0. The molecule has 0 atom stereocenters. The first-order chi connectivity index (χ1) is 21.3. The van der Waals surface area contributed by atoms with Gasteiger partial charge in [-0.3, -0.25) is 0 Å². The van der Waals surface area contributed by atoms with Crippen molar-refractivity contribution >= 4 is 63.8 Å². The van der Waals surface area contributed by atoms with Gasteiger partial charge in [0.15, 0.2) is 0 Å². The highest BCUT2D eigenvalue weighted by molar-refractivity contribution is 7.25. The molecule has 1 heterocycles. The van der Waals surface area contributed by atoms with Gasteiger partial charge < -0.3 is 0 Å². The van der Waals surface area contributed by atoms with E-state index in [0.29, 0.717) is 0 Å². The minimum Gasteiger partial charge on any atom is -0.135 e. The molecule has 9 rings (SSSR count). The zero-order valence-electron chi connectivity index (χ0n) is 23.4. The van der Waals surface area contributed by atoms with Gasteiger partial charge in [0.25, 0.3) is 0 Å². The minimum atomic E-state index is 1.24. The quantitative estimate of drug-likeness (QED) is 0.188. The standard InChI is InChI=1S/C42H26S/c1-2-10-27(11-3-1)28-18-20-29(21-19-28)36-25-38-34-15-7-5-13-32(34)37(26-39(38)33-14-6-4-12-31(33)36)30-22-23-42-40(24-30)35-16-8-9-17-41(35)43-42/h1-26H. The number of thiophene rings is 1. The van der Waals surface area contributed by atoms with E-state index in [9.17, 15) is 0 Å². The Morgan fingerprint density at radius 3 is 1.40 bits per heavy atom. The minimum absolute atomic E-state index is 1.24. The zero-order chi connectivity index (χ0) is 28.3. The fourth-order valence-electron chi connectivity index (χ4n) is 6.80. The molecule has 1 heteroatoms. The van der Waals surface area contributed by atoms with Crippen molar-refractivity contribution in [2.24, 2.45) is 0 Å². The monoisotopic (exact) mass is 562 g/mol. The average Bonchev–Trinajstić information content (AvgIpc) is 3.46. The van der Waals surface area contributed by atoms with Crippen molar-refractivity contribution in [2.75, 3.05) is 0 Å². The topological polar surface area (TPSA) is 0 Å². The van der Waals surface area contributed by atoms with Crippen molar-refractivity contribution in [2.45, 2.75) is 0 Å². The molecule has 0 aliphatic heterocycles. The second-order valence-electron chi connectivity index (χ2n) is 11.3. The lowest BCUT2D eigenvalue weighted by atomic mass is 9.87. The summed E-state index contributed by atoms with van der Waals surface area (Å²) in [6.45, 7) is 0. The van der Waals surface area contributed by atoms with Crippen LogP contribution in [-0.2, 0) is 0 Å². The van der Waals surface area contributed by atoms with Gasteiger partial charge >= 0.3 is 0 Å². The van der Waals surface area contributed by atoms with Crippen LogP contribution >= 0.6 is 11.3 Å². The summed E-state index contributed by atoms with van der Waals surface area (Å²) in [6, 6.07) is 58.0. The summed E-state index contributed by atoms with van der Waals surface area (Å²) in [5.41, 5.74) is 7.53. The lowest BCUT2D eigenvalue weighted by Gasteiger charge is -2.16. The predicted molar refractivity (Wildman–Crippen MR) is 188 cm³/mol. The molecular weight excluding hydrogens is 537 g/mol. The van der Waals surface area contributed by atoms with Gasteiger partial charge in [-0.15, -0.1) is 11.3 Å². The van der Waals surface area contributed by atoms with Crippen LogP contribution in [0.1, 0.15) is 0 Å². The largest absolute Gasteiger partial charge is 0.135 e. The summed E-state index contributed by atoms with van der Waals surface area (Å²) in [6.07, 6.45) is 0. The van der Waals surface area contributed by atoms with Crippen LogP contribution in [0.3, 0.4) is 0 Å². The molecule has 0 radical (unpaired) electrons. The van der Waals surface area contributed by atoms with E-state index in [1.807, 2.05) is 11.3 Å². The molecule has 0 fully saturated rings. The van der Waals surface area contributed by atoms with E-state index >= 15 is 0 Å². The molecule has 0 amide bonds. The Labute approximate surface area is 254 Å². The van der Waals surface area contributed by atoms with Gasteiger partial charge in [-0.1, -0.05) is 127 Å². The van der Waals surface area contributed by atoms with E-state index < -0.39 is 0 Å². The highest BCUT2D eigenvalue weighted by Gasteiger charge is 2.15. The number of hydrogen-bond donors (Lipinski definition) is 0. The molecule has 43 heavy (non-hydrogen) atoms. The van der Waals surface area contributed by atoms with Crippen LogP contribution in [0.4, 0.5) is 0 Å². The lowest BCUT2D eigenvalue weighted by molar-refractivity contribution is 1.61. The Kier molecular flexibility index (Phi) is 5.47. The first-order valence-corrected chi connectivity index (χ1v) is 15.6. The van der Waals surface area contributed by atoms with Gasteiger partial charge in [0, 0.05) is 20.2 Å². The Morgan fingerprint density at radius 2 is 0.721 bits per heavy atom. The SMILES string of the molecule is c1ccc(-c2ccc(-c3cc4c5ccccc5c(-c5ccc6sc7ccccc7c6c5)cc4c4ccccc34)cc2)cc1. The third-order valence-corrected chi connectivity index (χ3v) is 10.0. The van der Waals surface area contributed by atoms with Crippen molar-refractivity contribution in [1.29, 1.82) is 0 Å². The molecule has 9 aromatic rings. The van der Waals surface area contributed by atoms with Gasteiger partial charge in [0.05, 0.1) is 0 Å². The van der Waals surface area contributed by atoms with Crippen LogP contribution < -0.4 is 0 Å². The second kappa shape index (κ2) is 9.66. The second-order valence-corrected chi connectivity index (χ2v) is 12.4. The van der Waals surface area contributed by atoms with E-state index in [2.05, 4.69) is 158 Å². The van der Waals surface area contributed by atoms with Crippen molar-refractivity contribution in [3.05, 3.63) is 158 Å². The van der Waals surface area contributed by atoms with Gasteiger partial charge in [-0.2, -0.15) is 0 Å². The lowest BCUT2D eigenvalue weighted by Crippen LogP contribution is -1.89. The maximum Gasteiger partial charge on any atom is 0.0355 e. The number of fused-ring (bicyclic) bond motifs is 8. The molecule has 0 spiro atoms. The Balaban J connectivity index is 1.30. The third-order valence-electron chi connectivity index (χ3n) is 8.87. The Bertz CT molecular complexity index is 2480. The molecule has 0 saturated carbocycles. The number of benzene rings is 8. The molecule has 0 aliphatic rings. The van der Waals surface area contributed by atoms with Crippen LogP contribution in [0.5, 0.6) is 0 Å². The predicted octanol–water partition coefficient (Wildman–Crippen LogP) is 12.5. The van der Waals surface area contributed by atoms with E-state index in [1.54, 1.807) is 0 Å². The van der Waals surface area contributed by atoms with E-state index in [4.69, 9.17) is 0 Å². The normalized spacial score (nSPS) is 11.7. The van der Waals surface area contributed by atoms with Crippen LogP contribution in [0, 0.1) is 0 Å². The number of hydrogen-bond acceptors (Lipinski definition) is 1. The Hall–Kier alpha value is -5.24. The van der Waals surface area contributed by atoms with Crippen molar-refractivity contribution < 1.29 is 0 Å². The molecule has 0 N–H and O–H groups in total. The Morgan fingerprint density at radius 1 is 0.256 bits per heavy atom. The molecule has 0 unspecified atom stereocenters. The van der Waals surface area contributed by atoms with E-state index in [1.165, 1.54) is 85.9 Å². The fourth-order valence-corrected chi connectivity index (χ4v) is 7.88. The van der Waals surface area contributed by atoms with Crippen LogP contribution in [0.25, 0.3) is 85.9 Å². The first kappa shape index (κ1) is 24.4. The van der Waals surface area contributed by atoms with Crippen LogP contribution in [0.15, 0.2) is 158 Å². The summed E-state index contributed by atoms with van der Waals surface area (Å²) >= 11 is 1.87. The maximum atomic E-state index is 2.43. The summed E-state index contributed by atoms with van der Waals surface area (Å²) in [5.74, 6) is 0. The van der Waals surface area contributed by atoms with Crippen LogP contribution in [-0.4, -0.2) is 0 Å². The molecule has 8 aromatic carbocycles. The van der Waals surface area contributed by atoms with Crippen molar-refractivity contribution in [3.63, 3.8) is 0 Å². The average molecular weight is 563 g/mol. The summed E-state index contributed by atoms with van der Waals surface area (Å²) in [5, 5.41) is 10.4. The zero-order valence-corrected chi connectivity index (χ0v) is 24.2. The third kappa shape index (κ3) is 3.90. The highest BCUT2D eigenvalue weighted by Crippen LogP contribution is 2.43. The molecular formula is C42H26S. The van der Waals surface area contributed by atoms with E-state index in [-0.39, 0.29) is 0 Å². The smallest absolute Gasteiger partial charge is 0.0355 e. The summed E-state index contributed by atoms with van der Waals surface area (Å²) < 4.78 is 2.68. The first-order valence-electron chi connectivity index (χ1n) is 14.8. The fraction of sp³-hybridized carbons (Fsp3) is 0. The highest BCUT2D eigenvalue weighted by atomic mass is 32.1. The van der Waals surface area contributed by atoms with Crippen molar-refractivity contribution in [3.8, 4) is 33.4 Å². The maximum absolute atomic E-state index is 2.43. The van der Waals surface area contributed by atoms with Gasteiger partial charge in [-0.05, 0) is 96.0 Å². The van der Waals surface area contributed by atoms with E-state index in [0.717, 1.165) is 0 Å². The van der Waals surface area contributed by atoms with Gasteiger partial charge in [0.1, 0.15) is 0 Å². The molecule has 0 bridgehead atoms. The molecule has 0 aliphatic carbocycles. The van der Waals surface area contributed by atoms with Crippen molar-refractivity contribution in [1.82, 2.24) is 0 Å². The molecule has 1 aromatic heterocycles. The van der Waals surface area contributed by atoms with Gasteiger partial charge in [-0.25, -0.2) is 0 Å². The molecule has 200 valence electrons.